The van der Waals surface area contributed by atoms with E-state index >= 15 is 0 Å². The second-order valence-electron chi connectivity index (χ2n) is 5.08. The molecular formula is C18H15BrN2O4. The number of amides is 1. The maximum atomic E-state index is 12.2. The molecule has 0 aliphatic rings. The van der Waals surface area contributed by atoms with Gasteiger partial charge in [0.2, 0.25) is 0 Å². The molecule has 25 heavy (non-hydrogen) atoms. The van der Waals surface area contributed by atoms with Gasteiger partial charge in [-0.25, -0.2) is 4.79 Å². The number of hydrogen-bond acceptors (Lipinski definition) is 5. The smallest absolute Gasteiger partial charge is 0.338 e. The Balaban J connectivity index is 2.01. The molecule has 0 bridgehead atoms. The first-order valence-corrected chi connectivity index (χ1v) is 8.09. The highest BCUT2D eigenvalue weighted by atomic mass is 79.9. The summed E-state index contributed by atoms with van der Waals surface area (Å²) < 4.78 is 10.9. The largest absolute Gasteiger partial charge is 0.496 e. The second kappa shape index (κ2) is 8.31. The van der Waals surface area contributed by atoms with E-state index in [1.165, 1.54) is 20.1 Å². The van der Waals surface area contributed by atoms with E-state index in [0.717, 1.165) is 0 Å². The summed E-state index contributed by atoms with van der Waals surface area (Å²) in [6, 6.07) is 13.2. The number of methoxy groups -OCH3 is 1. The average Bonchev–Trinajstić information content (AvgIpc) is 2.61. The first-order valence-electron chi connectivity index (χ1n) is 7.30. The van der Waals surface area contributed by atoms with Crippen molar-refractivity contribution in [2.45, 2.75) is 13.0 Å². The fourth-order valence-corrected chi connectivity index (χ4v) is 2.53. The quantitative estimate of drug-likeness (QED) is 0.772. The Morgan fingerprint density at radius 3 is 2.64 bits per heavy atom. The van der Waals surface area contributed by atoms with Gasteiger partial charge in [-0.2, -0.15) is 5.26 Å². The molecule has 0 aliphatic heterocycles. The number of ether oxygens (including phenoxy) is 2. The highest BCUT2D eigenvalue weighted by Gasteiger charge is 2.20. The van der Waals surface area contributed by atoms with Crippen molar-refractivity contribution in [3.63, 3.8) is 0 Å². The molecule has 0 spiro atoms. The number of halogens is 1. The Morgan fingerprint density at radius 1 is 1.24 bits per heavy atom. The number of nitrogens with one attached hydrogen (secondary N) is 1. The lowest BCUT2D eigenvalue weighted by molar-refractivity contribution is -0.123. The van der Waals surface area contributed by atoms with Crippen LogP contribution in [0.3, 0.4) is 0 Å². The average molecular weight is 403 g/mol. The Kier molecular flexibility index (Phi) is 6.14. The fraction of sp³-hybridized carbons (Fsp3) is 0.167. The lowest BCUT2D eigenvalue weighted by atomic mass is 10.2. The normalized spacial score (nSPS) is 11.1. The third kappa shape index (κ3) is 4.81. The van der Waals surface area contributed by atoms with Gasteiger partial charge < -0.3 is 14.8 Å². The number of rotatable bonds is 5. The van der Waals surface area contributed by atoms with Crippen molar-refractivity contribution in [1.29, 1.82) is 5.26 Å². The summed E-state index contributed by atoms with van der Waals surface area (Å²) in [6.45, 7) is 1.47. The van der Waals surface area contributed by atoms with Crippen molar-refractivity contribution in [2.24, 2.45) is 0 Å². The number of anilines is 1. The molecule has 2 aromatic rings. The molecular weight excluding hydrogens is 388 g/mol. The molecule has 0 radical (unpaired) electrons. The minimum absolute atomic E-state index is 0.291. The summed E-state index contributed by atoms with van der Waals surface area (Å²) >= 11 is 3.29. The van der Waals surface area contributed by atoms with Crippen LogP contribution in [0, 0.1) is 11.3 Å². The zero-order valence-electron chi connectivity index (χ0n) is 13.6. The third-order valence-electron chi connectivity index (χ3n) is 3.30. The number of nitrogens with zero attached hydrogens (tertiary/aromatic N) is 1. The summed E-state index contributed by atoms with van der Waals surface area (Å²) in [5, 5.41) is 11.5. The number of esters is 1. The van der Waals surface area contributed by atoms with E-state index in [1.54, 1.807) is 36.4 Å². The Hall–Kier alpha value is -2.85. The van der Waals surface area contributed by atoms with E-state index in [-0.39, 0.29) is 0 Å². The molecule has 1 atom stereocenters. The van der Waals surface area contributed by atoms with Gasteiger partial charge >= 0.3 is 5.97 Å². The van der Waals surface area contributed by atoms with Crippen molar-refractivity contribution < 1.29 is 19.1 Å². The van der Waals surface area contributed by atoms with E-state index in [1.807, 2.05) is 6.07 Å². The number of nitriles is 1. The predicted molar refractivity (Wildman–Crippen MR) is 95.4 cm³/mol. The number of hydrogen-bond donors (Lipinski definition) is 1. The van der Waals surface area contributed by atoms with Crippen molar-refractivity contribution >= 4 is 33.5 Å². The van der Waals surface area contributed by atoms with Gasteiger partial charge in [-0.05, 0) is 59.3 Å². The lowest BCUT2D eigenvalue weighted by Crippen LogP contribution is -2.30. The molecule has 0 saturated heterocycles. The maximum absolute atomic E-state index is 12.2. The SMILES string of the molecule is COc1ccc(C(=O)O[C@H](C)C(=O)Nc2cccc(C#N)c2)cc1Br. The minimum atomic E-state index is -1.00. The molecule has 7 heteroatoms. The van der Waals surface area contributed by atoms with Crippen LogP contribution >= 0.6 is 15.9 Å². The van der Waals surface area contributed by atoms with Gasteiger partial charge in [0.1, 0.15) is 5.75 Å². The Labute approximate surface area is 153 Å². The Bertz CT molecular complexity index is 845. The molecule has 2 rings (SSSR count). The van der Waals surface area contributed by atoms with Crippen molar-refractivity contribution in [1.82, 2.24) is 0 Å². The van der Waals surface area contributed by atoms with Crippen LogP contribution in [0.15, 0.2) is 46.9 Å². The zero-order chi connectivity index (χ0) is 18.4. The van der Waals surface area contributed by atoms with Gasteiger partial charge in [-0.1, -0.05) is 6.07 Å². The number of carbonyl (C=O) groups excluding carboxylic acids is 2. The molecule has 0 heterocycles. The molecule has 128 valence electrons. The molecule has 0 saturated carbocycles. The zero-order valence-corrected chi connectivity index (χ0v) is 15.2. The van der Waals surface area contributed by atoms with E-state index in [0.29, 0.717) is 27.0 Å². The van der Waals surface area contributed by atoms with Gasteiger partial charge in [0.15, 0.2) is 6.10 Å². The third-order valence-corrected chi connectivity index (χ3v) is 3.92. The van der Waals surface area contributed by atoms with Crippen molar-refractivity contribution in [2.75, 3.05) is 12.4 Å². The number of benzene rings is 2. The van der Waals surface area contributed by atoms with E-state index in [9.17, 15) is 9.59 Å². The highest BCUT2D eigenvalue weighted by molar-refractivity contribution is 9.10. The van der Waals surface area contributed by atoms with Gasteiger partial charge in [0, 0.05) is 5.69 Å². The maximum Gasteiger partial charge on any atom is 0.338 e. The molecule has 6 nitrogen and oxygen atoms in total. The summed E-state index contributed by atoms with van der Waals surface area (Å²) in [5.41, 5.74) is 1.17. The van der Waals surface area contributed by atoms with Crippen molar-refractivity contribution in [3.05, 3.63) is 58.1 Å². The summed E-state index contributed by atoms with van der Waals surface area (Å²) in [7, 11) is 1.52. The van der Waals surface area contributed by atoms with Crippen LogP contribution in [0.4, 0.5) is 5.69 Å². The summed E-state index contributed by atoms with van der Waals surface area (Å²) in [6.07, 6.45) is -1.00. The van der Waals surface area contributed by atoms with Crippen LogP contribution in [0.2, 0.25) is 0 Å². The first kappa shape index (κ1) is 18.5. The molecule has 1 N–H and O–H groups in total. The van der Waals surface area contributed by atoms with E-state index in [2.05, 4.69) is 21.2 Å². The summed E-state index contributed by atoms with van der Waals surface area (Å²) in [4.78, 5) is 24.3. The van der Waals surface area contributed by atoms with Crippen LogP contribution in [0.5, 0.6) is 5.75 Å². The molecule has 0 aromatic heterocycles. The molecule has 0 fully saturated rings. The molecule has 2 aromatic carbocycles. The van der Waals surface area contributed by atoms with Crippen LogP contribution < -0.4 is 10.1 Å². The molecule has 1 amide bonds. The topological polar surface area (TPSA) is 88.4 Å². The van der Waals surface area contributed by atoms with Gasteiger partial charge in [-0.3, -0.25) is 4.79 Å². The van der Waals surface area contributed by atoms with Crippen molar-refractivity contribution in [3.8, 4) is 11.8 Å². The predicted octanol–water partition coefficient (Wildman–Crippen LogP) is 3.51. The van der Waals surface area contributed by atoms with E-state index < -0.39 is 18.0 Å². The molecule has 0 aliphatic carbocycles. The highest BCUT2D eigenvalue weighted by Crippen LogP contribution is 2.26. The fourth-order valence-electron chi connectivity index (χ4n) is 1.99. The van der Waals surface area contributed by atoms with Gasteiger partial charge in [-0.15, -0.1) is 0 Å². The standard InChI is InChI=1S/C18H15BrN2O4/c1-11(17(22)21-14-5-3-4-12(8-14)10-20)25-18(23)13-6-7-16(24-2)15(19)9-13/h3-9,11H,1-2H3,(H,21,22)/t11-/m1/s1. The lowest BCUT2D eigenvalue weighted by Gasteiger charge is -2.14. The van der Waals surface area contributed by atoms with Crippen LogP contribution in [0.1, 0.15) is 22.8 Å². The minimum Gasteiger partial charge on any atom is -0.496 e. The number of carbonyl (C=O) groups is 2. The van der Waals surface area contributed by atoms with Gasteiger partial charge in [0.05, 0.1) is 28.8 Å². The molecule has 0 unspecified atom stereocenters. The van der Waals surface area contributed by atoms with E-state index in [4.69, 9.17) is 14.7 Å². The van der Waals surface area contributed by atoms with Crippen LogP contribution in [0.25, 0.3) is 0 Å². The van der Waals surface area contributed by atoms with Crippen LogP contribution in [-0.4, -0.2) is 25.1 Å². The Morgan fingerprint density at radius 2 is 2.00 bits per heavy atom. The summed E-state index contributed by atoms with van der Waals surface area (Å²) in [5.74, 6) is -0.535. The monoisotopic (exact) mass is 402 g/mol. The first-order chi connectivity index (χ1) is 11.9. The second-order valence-corrected chi connectivity index (χ2v) is 5.93. The van der Waals surface area contributed by atoms with Crippen LogP contribution in [-0.2, 0) is 9.53 Å². The van der Waals surface area contributed by atoms with Gasteiger partial charge in [0.25, 0.3) is 5.91 Å².